The number of hydrogen-bond donors (Lipinski definition) is 1. The minimum absolute atomic E-state index is 0.0224. The molecule has 1 amide bonds. The first kappa shape index (κ1) is 19.5. The van der Waals surface area contributed by atoms with E-state index in [1.807, 2.05) is 72.9 Å². The number of aromatic nitrogens is 1. The number of benzene rings is 3. The topological polar surface area (TPSA) is 60.3 Å². The Bertz CT molecular complexity index is 1320. The first-order valence-electron chi connectivity index (χ1n) is 10.7. The van der Waals surface area contributed by atoms with E-state index >= 15 is 0 Å². The van der Waals surface area contributed by atoms with Crippen molar-refractivity contribution in [3.63, 3.8) is 0 Å². The molecule has 0 bridgehead atoms. The van der Waals surface area contributed by atoms with Gasteiger partial charge in [0.15, 0.2) is 0 Å². The van der Waals surface area contributed by atoms with E-state index < -0.39 is 0 Å². The van der Waals surface area contributed by atoms with Crippen LogP contribution in [0.1, 0.15) is 23.2 Å². The van der Waals surface area contributed by atoms with Crippen LogP contribution < -0.4 is 10.9 Å². The summed E-state index contributed by atoms with van der Waals surface area (Å²) in [5.74, 6) is 0.268. The smallest absolute Gasteiger partial charge is 0.258 e. The molecule has 5 rings (SSSR count). The van der Waals surface area contributed by atoms with Gasteiger partial charge in [-0.25, -0.2) is 0 Å². The molecule has 1 aromatic heterocycles. The lowest BCUT2D eigenvalue weighted by molar-refractivity contribution is 0.0610. The Morgan fingerprint density at radius 3 is 2.58 bits per heavy atom. The molecule has 5 nitrogen and oxygen atoms in total. The van der Waals surface area contributed by atoms with E-state index in [1.165, 1.54) is 0 Å². The normalized spacial score (nSPS) is 14.7. The predicted octanol–water partition coefficient (Wildman–Crippen LogP) is 4.83. The van der Waals surface area contributed by atoms with Crippen LogP contribution in [0.3, 0.4) is 0 Å². The summed E-state index contributed by atoms with van der Waals surface area (Å²) in [7, 11) is 0. The predicted molar refractivity (Wildman–Crippen MR) is 124 cm³/mol. The van der Waals surface area contributed by atoms with Gasteiger partial charge in [0.05, 0.1) is 0 Å². The fourth-order valence-corrected chi connectivity index (χ4v) is 4.30. The Morgan fingerprint density at radius 2 is 1.74 bits per heavy atom. The molecule has 1 N–H and O–H groups in total. The van der Waals surface area contributed by atoms with Gasteiger partial charge >= 0.3 is 0 Å². The van der Waals surface area contributed by atoms with Gasteiger partial charge in [0.25, 0.3) is 11.5 Å². The van der Waals surface area contributed by atoms with Gasteiger partial charge in [0, 0.05) is 48.0 Å². The molecular weight excluding hydrogens is 388 g/mol. The molecule has 0 atom stereocenters. The lowest BCUT2D eigenvalue weighted by Crippen LogP contribution is -2.27. The van der Waals surface area contributed by atoms with Crippen molar-refractivity contribution in [1.29, 1.82) is 0 Å². The molecule has 5 heteroatoms. The summed E-state index contributed by atoms with van der Waals surface area (Å²) in [6.45, 7) is 2.22. The number of amides is 1. The van der Waals surface area contributed by atoms with Crippen LogP contribution in [0.25, 0.3) is 21.5 Å². The fraction of sp³-hybridized carbons (Fsp3) is 0.231. The van der Waals surface area contributed by atoms with Crippen molar-refractivity contribution in [2.45, 2.75) is 19.4 Å². The number of fused-ring (bicyclic) bond motifs is 2. The maximum absolute atomic E-state index is 13.1. The van der Waals surface area contributed by atoms with Crippen LogP contribution >= 0.6 is 0 Å². The van der Waals surface area contributed by atoms with Crippen LogP contribution in [-0.4, -0.2) is 23.7 Å². The summed E-state index contributed by atoms with van der Waals surface area (Å²) in [5.41, 5.74) is 1.21. The van der Waals surface area contributed by atoms with Crippen molar-refractivity contribution in [1.82, 2.24) is 4.57 Å². The number of pyridine rings is 1. The van der Waals surface area contributed by atoms with Gasteiger partial charge in [0.2, 0.25) is 0 Å². The van der Waals surface area contributed by atoms with Crippen molar-refractivity contribution < 1.29 is 9.53 Å². The molecule has 0 aliphatic carbocycles. The molecule has 0 unspecified atom stereocenters. The first-order valence-corrected chi connectivity index (χ1v) is 10.7. The lowest BCUT2D eigenvalue weighted by atomic mass is 10.00. The second kappa shape index (κ2) is 8.36. The number of anilines is 1. The van der Waals surface area contributed by atoms with Gasteiger partial charge in [-0.15, -0.1) is 0 Å². The van der Waals surface area contributed by atoms with Crippen LogP contribution in [-0.2, 0) is 11.3 Å². The summed E-state index contributed by atoms with van der Waals surface area (Å²) in [4.78, 5) is 26.0. The van der Waals surface area contributed by atoms with Gasteiger partial charge in [-0.05, 0) is 59.9 Å². The number of carbonyl (C=O) groups excluding carboxylic acids is 1. The highest BCUT2D eigenvalue weighted by Crippen LogP contribution is 2.23. The van der Waals surface area contributed by atoms with Crippen LogP contribution in [0.4, 0.5) is 5.69 Å². The molecule has 1 aliphatic rings. The molecule has 0 saturated carbocycles. The highest BCUT2D eigenvalue weighted by molar-refractivity contribution is 6.10. The second-order valence-electron chi connectivity index (χ2n) is 8.11. The molecule has 1 saturated heterocycles. The summed E-state index contributed by atoms with van der Waals surface area (Å²) in [6, 6.07) is 21.0. The number of rotatable bonds is 4. The molecule has 2 heterocycles. The summed E-state index contributed by atoms with van der Waals surface area (Å²) >= 11 is 0. The van der Waals surface area contributed by atoms with Crippen molar-refractivity contribution in [2.24, 2.45) is 5.92 Å². The van der Waals surface area contributed by atoms with Gasteiger partial charge < -0.3 is 14.6 Å². The van der Waals surface area contributed by atoms with E-state index in [4.69, 9.17) is 4.74 Å². The Morgan fingerprint density at radius 1 is 0.935 bits per heavy atom. The molecule has 0 radical (unpaired) electrons. The molecule has 1 fully saturated rings. The van der Waals surface area contributed by atoms with Gasteiger partial charge in [0.1, 0.15) is 0 Å². The van der Waals surface area contributed by atoms with Crippen molar-refractivity contribution in [3.05, 3.63) is 88.8 Å². The number of hydrogen-bond acceptors (Lipinski definition) is 3. The first-order chi connectivity index (χ1) is 15.2. The molecule has 156 valence electrons. The third-order valence-electron chi connectivity index (χ3n) is 6.07. The summed E-state index contributed by atoms with van der Waals surface area (Å²) in [6.07, 6.45) is 3.80. The summed E-state index contributed by atoms with van der Waals surface area (Å²) in [5, 5.41) is 6.47. The van der Waals surface area contributed by atoms with Gasteiger partial charge in [-0.3, -0.25) is 9.59 Å². The number of nitrogens with zero attached hydrogens (tertiary/aromatic N) is 1. The monoisotopic (exact) mass is 412 g/mol. The van der Waals surface area contributed by atoms with E-state index in [1.54, 1.807) is 4.57 Å². The zero-order valence-electron chi connectivity index (χ0n) is 17.2. The number of carbonyl (C=O) groups is 1. The van der Waals surface area contributed by atoms with Crippen molar-refractivity contribution in [3.8, 4) is 0 Å². The fourth-order valence-electron chi connectivity index (χ4n) is 4.30. The largest absolute Gasteiger partial charge is 0.381 e. The second-order valence-corrected chi connectivity index (χ2v) is 8.11. The van der Waals surface area contributed by atoms with Crippen LogP contribution in [0.2, 0.25) is 0 Å². The van der Waals surface area contributed by atoms with E-state index in [9.17, 15) is 9.59 Å². The van der Waals surface area contributed by atoms with Crippen molar-refractivity contribution in [2.75, 3.05) is 18.5 Å². The molecule has 31 heavy (non-hydrogen) atoms. The average Bonchev–Trinajstić information content (AvgIpc) is 2.81. The van der Waals surface area contributed by atoms with Crippen LogP contribution in [0.15, 0.2) is 77.7 Å². The van der Waals surface area contributed by atoms with E-state index in [0.29, 0.717) is 29.1 Å². The van der Waals surface area contributed by atoms with Crippen molar-refractivity contribution >= 4 is 33.1 Å². The van der Waals surface area contributed by atoms with E-state index in [2.05, 4.69) is 5.32 Å². The standard InChI is InChI=1S/C26H24N2O3/c29-25(21-9-8-19-4-1-2-5-20(19)16-21)27-24-7-3-6-23-22(24)10-13-28(26(23)30)17-18-11-14-31-15-12-18/h1-10,13,16,18H,11-12,14-15,17H2,(H,27,29). The van der Waals surface area contributed by atoms with Gasteiger partial charge in [-0.2, -0.15) is 0 Å². The van der Waals surface area contributed by atoms with Gasteiger partial charge in [-0.1, -0.05) is 36.4 Å². The Kier molecular flexibility index (Phi) is 5.26. The highest BCUT2D eigenvalue weighted by Gasteiger charge is 2.16. The molecule has 3 aromatic carbocycles. The third kappa shape index (κ3) is 3.97. The molecular formula is C26H24N2O3. The number of nitrogens with one attached hydrogen (secondary N) is 1. The zero-order chi connectivity index (χ0) is 21.2. The minimum atomic E-state index is -0.190. The Labute approximate surface area is 180 Å². The zero-order valence-corrected chi connectivity index (χ0v) is 17.2. The molecule has 0 spiro atoms. The summed E-state index contributed by atoms with van der Waals surface area (Å²) < 4.78 is 7.21. The quantitative estimate of drug-likeness (QED) is 0.522. The van der Waals surface area contributed by atoms with Crippen LogP contribution in [0, 0.1) is 5.92 Å². The van der Waals surface area contributed by atoms with Crippen LogP contribution in [0.5, 0.6) is 0 Å². The Hall–Kier alpha value is -3.44. The SMILES string of the molecule is O=C(Nc1cccc2c(=O)n(CC3CCOCC3)ccc12)c1ccc2ccccc2c1. The molecule has 4 aromatic rings. The maximum atomic E-state index is 13.1. The Balaban J connectivity index is 1.43. The third-order valence-corrected chi connectivity index (χ3v) is 6.07. The number of ether oxygens (including phenoxy) is 1. The van der Waals surface area contributed by atoms with E-state index in [0.717, 1.165) is 42.2 Å². The molecule has 1 aliphatic heterocycles. The minimum Gasteiger partial charge on any atom is -0.381 e. The lowest BCUT2D eigenvalue weighted by Gasteiger charge is -2.23. The highest BCUT2D eigenvalue weighted by atomic mass is 16.5. The average molecular weight is 412 g/mol. The maximum Gasteiger partial charge on any atom is 0.258 e. The van der Waals surface area contributed by atoms with E-state index in [-0.39, 0.29) is 11.5 Å².